The van der Waals surface area contributed by atoms with Crippen molar-refractivity contribution in [3.63, 3.8) is 0 Å². The summed E-state index contributed by atoms with van der Waals surface area (Å²) in [5.41, 5.74) is 4.82. The molecule has 0 heterocycles. The Morgan fingerprint density at radius 2 is 1.07 bits per heavy atom. The molecular weight excluding hydrogens is 560 g/mol. The third-order valence-corrected chi connectivity index (χ3v) is 6.32. The average molecular weight is 585 g/mol. The fraction of sp³-hybridized carbons (Fsp3) is 0.0645. The number of carboxylic acid groups (broad SMARTS) is 4. The molecule has 12 nitrogen and oxygen atoms in total. The fourth-order valence-corrected chi connectivity index (χ4v) is 4.13. The van der Waals surface area contributed by atoms with Crippen molar-refractivity contribution in [1.29, 1.82) is 0 Å². The zero-order chi connectivity index (χ0) is 31.1. The summed E-state index contributed by atoms with van der Waals surface area (Å²) in [7, 11) is 0. The largest absolute Gasteiger partial charge is 0.478 e. The number of rotatable bonds is 12. The number of carbonyl (C=O) groups is 5. The number of hydrogen-bond donors (Lipinski definition) is 6. The van der Waals surface area contributed by atoms with E-state index in [1.54, 1.807) is 36.4 Å². The molecule has 0 saturated carbocycles. The zero-order valence-electron chi connectivity index (χ0n) is 22.2. The van der Waals surface area contributed by atoms with Gasteiger partial charge in [-0.05, 0) is 83.8 Å². The minimum absolute atomic E-state index is 0.0544. The first-order valence-corrected chi connectivity index (χ1v) is 12.6. The van der Waals surface area contributed by atoms with Gasteiger partial charge < -0.3 is 25.7 Å². The molecule has 43 heavy (non-hydrogen) atoms. The standard InChI is InChI=1S/C31H24N2O10/c34-27(26-15-20(29(37)38)6-12-25(26)31(41)42)32-22-7-1-17(2-8-22)13-18-3-9-23(10-4-18)33-43-16-21-14-19(28(35)36)5-11-24(21)30(39)40/h1-12,14-15,33H,13,16H2,(H,32,34)(H,35,36)(H,37,38)(H,39,40)(H,41,42). The van der Waals surface area contributed by atoms with Crippen LogP contribution in [0.5, 0.6) is 0 Å². The summed E-state index contributed by atoms with van der Waals surface area (Å²) in [6.45, 7) is -0.185. The predicted octanol–water partition coefficient (Wildman–Crippen LogP) is 4.87. The minimum Gasteiger partial charge on any atom is -0.478 e. The van der Waals surface area contributed by atoms with Crippen LogP contribution in [0.25, 0.3) is 0 Å². The van der Waals surface area contributed by atoms with Gasteiger partial charge in [0.2, 0.25) is 0 Å². The molecule has 6 N–H and O–H groups in total. The Hall–Kier alpha value is -6.01. The first-order valence-electron chi connectivity index (χ1n) is 12.6. The number of benzene rings is 4. The highest BCUT2D eigenvalue weighted by atomic mass is 16.6. The number of hydrogen-bond acceptors (Lipinski definition) is 7. The lowest BCUT2D eigenvalue weighted by molar-refractivity contribution is 0.0677. The van der Waals surface area contributed by atoms with Crippen LogP contribution in [-0.2, 0) is 17.9 Å². The summed E-state index contributed by atoms with van der Waals surface area (Å²) >= 11 is 0. The van der Waals surface area contributed by atoms with Crippen molar-refractivity contribution < 1.29 is 49.2 Å². The van der Waals surface area contributed by atoms with E-state index in [-0.39, 0.29) is 40.0 Å². The first-order chi connectivity index (χ1) is 20.5. The molecule has 0 atom stereocenters. The quantitative estimate of drug-likeness (QED) is 0.124. The molecule has 0 saturated heterocycles. The van der Waals surface area contributed by atoms with Crippen molar-refractivity contribution in [3.8, 4) is 0 Å². The van der Waals surface area contributed by atoms with Gasteiger partial charge in [0.1, 0.15) is 6.61 Å². The molecule has 1 amide bonds. The Bertz CT molecular complexity index is 1710. The molecule has 0 bridgehead atoms. The SMILES string of the molecule is O=C(O)c1ccc(C(=O)O)c(CONc2ccc(Cc3ccc(NC(=O)c4cc(C(=O)O)ccc4C(=O)O)cc3)cc2)c1. The lowest BCUT2D eigenvalue weighted by Crippen LogP contribution is -2.17. The van der Waals surface area contributed by atoms with Crippen LogP contribution in [0, 0.1) is 0 Å². The Labute approximate surface area is 243 Å². The van der Waals surface area contributed by atoms with Gasteiger partial charge in [-0.1, -0.05) is 24.3 Å². The van der Waals surface area contributed by atoms with E-state index in [0.29, 0.717) is 17.8 Å². The van der Waals surface area contributed by atoms with E-state index >= 15 is 0 Å². The molecular formula is C31H24N2O10. The monoisotopic (exact) mass is 584 g/mol. The molecule has 0 fully saturated rings. The van der Waals surface area contributed by atoms with E-state index in [9.17, 15) is 39.3 Å². The predicted molar refractivity (Wildman–Crippen MR) is 153 cm³/mol. The molecule has 0 radical (unpaired) electrons. The number of amides is 1. The van der Waals surface area contributed by atoms with Crippen molar-refractivity contribution in [2.75, 3.05) is 10.8 Å². The number of anilines is 2. The highest BCUT2D eigenvalue weighted by Gasteiger charge is 2.19. The normalized spacial score (nSPS) is 10.5. The molecule has 0 unspecified atom stereocenters. The van der Waals surface area contributed by atoms with Gasteiger partial charge in [-0.15, -0.1) is 0 Å². The summed E-state index contributed by atoms with van der Waals surface area (Å²) in [6.07, 6.45) is 0.545. The van der Waals surface area contributed by atoms with Gasteiger partial charge in [0.15, 0.2) is 0 Å². The summed E-state index contributed by atoms with van der Waals surface area (Å²) in [5, 5.41) is 39.6. The molecule has 12 heteroatoms. The second-order valence-electron chi connectivity index (χ2n) is 9.27. The Kier molecular flexibility index (Phi) is 9.13. The highest BCUT2D eigenvalue weighted by molar-refractivity contribution is 6.11. The molecule has 0 aliphatic carbocycles. The summed E-state index contributed by atoms with van der Waals surface area (Å²) in [5.74, 6) is -5.79. The smallest absolute Gasteiger partial charge is 0.336 e. The maximum Gasteiger partial charge on any atom is 0.336 e. The minimum atomic E-state index is -1.36. The maximum atomic E-state index is 12.7. The van der Waals surface area contributed by atoms with Crippen LogP contribution >= 0.6 is 0 Å². The van der Waals surface area contributed by atoms with E-state index in [1.165, 1.54) is 18.2 Å². The van der Waals surface area contributed by atoms with Crippen LogP contribution in [0.4, 0.5) is 11.4 Å². The number of nitrogens with one attached hydrogen (secondary N) is 2. The van der Waals surface area contributed by atoms with Gasteiger partial charge in [0, 0.05) is 5.69 Å². The Morgan fingerprint density at radius 1 is 0.558 bits per heavy atom. The van der Waals surface area contributed by atoms with Crippen LogP contribution in [0.15, 0.2) is 84.9 Å². The third-order valence-electron chi connectivity index (χ3n) is 6.32. The van der Waals surface area contributed by atoms with Crippen LogP contribution in [0.3, 0.4) is 0 Å². The average Bonchev–Trinajstić information content (AvgIpc) is 2.98. The van der Waals surface area contributed by atoms with Crippen LogP contribution in [-0.4, -0.2) is 50.2 Å². The molecule has 0 aromatic heterocycles. The molecule has 4 rings (SSSR count). The molecule has 4 aromatic rings. The van der Waals surface area contributed by atoms with Gasteiger partial charge >= 0.3 is 23.9 Å². The van der Waals surface area contributed by atoms with Crippen LogP contribution < -0.4 is 10.8 Å². The molecule has 4 aromatic carbocycles. The summed E-state index contributed by atoms with van der Waals surface area (Å²) in [6, 6.07) is 20.9. The highest BCUT2D eigenvalue weighted by Crippen LogP contribution is 2.20. The fourth-order valence-electron chi connectivity index (χ4n) is 4.13. The van der Waals surface area contributed by atoms with E-state index in [2.05, 4.69) is 10.8 Å². The zero-order valence-corrected chi connectivity index (χ0v) is 22.2. The van der Waals surface area contributed by atoms with Gasteiger partial charge in [-0.25, -0.2) is 19.2 Å². The lowest BCUT2D eigenvalue weighted by Gasteiger charge is -2.11. The topological polar surface area (TPSA) is 200 Å². The van der Waals surface area contributed by atoms with Gasteiger partial charge in [-0.3, -0.25) is 15.1 Å². The van der Waals surface area contributed by atoms with Crippen molar-refractivity contribution in [2.24, 2.45) is 0 Å². The van der Waals surface area contributed by atoms with Crippen molar-refractivity contribution in [2.45, 2.75) is 13.0 Å². The number of carboxylic acids is 4. The van der Waals surface area contributed by atoms with Crippen molar-refractivity contribution in [1.82, 2.24) is 0 Å². The molecule has 0 aliphatic heterocycles. The van der Waals surface area contributed by atoms with Gasteiger partial charge in [0.05, 0.1) is 33.5 Å². The van der Waals surface area contributed by atoms with E-state index in [4.69, 9.17) is 9.94 Å². The maximum absolute atomic E-state index is 12.7. The van der Waals surface area contributed by atoms with Gasteiger partial charge in [-0.2, -0.15) is 0 Å². The first kappa shape index (κ1) is 30.0. The lowest BCUT2D eigenvalue weighted by atomic mass is 10.0. The summed E-state index contributed by atoms with van der Waals surface area (Å²) in [4.78, 5) is 63.5. The molecule has 0 spiro atoms. The Balaban J connectivity index is 1.34. The number of aromatic carboxylic acids is 4. The second kappa shape index (κ2) is 13.1. The van der Waals surface area contributed by atoms with E-state index in [1.807, 2.05) is 12.1 Å². The number of carbonyl (C=O) groups excluding carboxylic acids is 1. The second-order valence-corrected chi connectivity index (χ2v) is 9.27. The molecule has 218 valence electrons. The van der Waals surface area contributed by atoms with Gasteiger partial charge in [0.25, 0.3) is 5.91 Å². The Morgan fingerprint density at radius 3 is 1.60 bits per heavy atom. The van der Waals surface area contributed by atoms with Crippen LogP contribution in [0.1, 0.15) is 68.5 Å². The van der Waals surface area contributed by atoms with E-state index in [0.717, 1.165) is 29.3 Å². The van der Waals surface area contributed by atoms with Crippen molar-refractivity contribution in [3.05, 3.63) is 129 Å². The van der Waals surface area contributed by atoms with Crippen molar-refractivity contribution >= 4 is 41.2 Å². The van der Waals surface area contributed by atoms with E-state index < -0.39 is 29.8 Å². The third kappa shape index (κ3) is 7.60. The van der Waals surface area contributed by atoms with Crippen LogP contribution in [0.2, 0.25) is 0 Å². The summed E-state index contributed by atoms with van der Waals surface area (Å²) < 4.78 is 0. The molecule has 0 aliphatic rings.